The summed E-state index contributed by atoms with van der Waals surface area (Å²) in [5.74, 6) is 6.77. The van der Waals surface area contributed by atoms with Crippen molar-refractivity contribution in [2.45, 2.75) is 51.6 Å². The van der Waals surface area contributed by atoms with Crippen LogP contribution in [0.15, 0.2) is 18.2 Å². The standard InChI is InChI=1S/C24H37N3O/c1-5-27(23-12-10-22(11-13-23)25(3)4)24-19-21(9-8-20(24)2)7-6-14-26-15-17-28-18-16-26/h8-9,19,22-23H,5,10-18H2,1-4H3. The Morgan fingerprint density at radius 3 is 2.39 bits per heavy atom. The zero-order chi connectivity index (χ0) is 19.9. The van der Waals surface area contributed by atoms with Crippen molar-refractivity contribution in [3.63, 3.8) is 0 Å². The van der Waals surface area contributed by atoms with Gasteiger partial charge in [0.15, 0.2) is 0 Å². The van der Waals surface area contributed by atoms with E-state index in [4.69, 9.17) is 4.74 Å². The second-order valence-corrected chi connectivity index (χ2v) is 8.40. The van der Waals surface area contributed by atoms with Crippen molar-refractivity contribution in [3.05, 3.63) is 29.3 Å². The minimum absolute atomic E-state index is 0.649. The molecule has 4 nitrogen and oxygen atoms in total. The Morgan fingerprint density at radius 2 is 1.75 bits per heavy atom. The summed E-state index contributed by atoms with van der Waals surface area (Å²) in [6.45, 7) is 10.1. The lowest BCUT2D eigenvalue weighted by molar-refractivity contribution is 0.0443. The highest BCUT2D eigenvalue weighted by Crippen LogP contribution is 2.31. The molecule has 1 aromatic rings. The van der Waals surface area contributed by atoms with E-state index in [0.717, 1.165) is 51.0 Å². The summed E-state index contributed by atoms with van der Waals surface area (Å²) in [4.78, 5) is 7.38. The second-order valence-electron chi connectivity index (χ2n) is 8.40. The molecule has 0 atom stereocenters. The van der Waals surface area contributed by atoms with Gasteiger partial charge < -0.3 is 14.5 Å². The Labute approximate surface area is 171 Å². The summed E-state index contributed by atoms with van der Waals surface area (Å²) in [5.41, 5.74) is 3.86. The summed E-state index contributed by atoms with van der Waals surface area (Å²) < 4.78 is 5.41. The molecule has 1 saturated heterocycles. The van der Waals surface area contributed by atoms with Gasteiger partial charge in [-0.15, -0.1) is 0 Å². The highest BCUT2D eigenvalue weighted by molar-refractivity contribution is 5.58. The predicted molar refractivity (Wildman–Crippen MR) is 118 cm³/mol. The van der Waals surface area contributed by atoms with Crippen molar-refractivity contribution in [3.8, 4) is 11.8 Å². The van der Waals surface area contributed by atoms with Crippen LogP contribution in [0.4, 0.5) is 5.69 Å². The molecule has 28 heavy (non-hydrogen) atoms. The molecule has 0 spiro atoms. The Bertz CT molecular complexity index is 677. The number of morpholine rings is 1. The maximum absolute atomic E-state index is 5.41. The molecule has 0 N–H and O–H groups in total. The molecule has 1 aromatic carbocycles. The molecule has 0 radical (unpaired) electrons. The number of nitrogens with zero attached hydrogens (tertiary/aromatic N) is 3. The lowest BCUT2D eigenvalue weighted by Gasteiger charge is -2.40. The van der Waals surface area contributed by atoms with Gasteiger partial charge in [0.2, 0.25) is 0 Å². The summed E-state index contributed by atoms with van der Waals surface area (Å²) in [6, 6.07) is 8.11. The van der Waals surface area contributed by atoms with E-state index in [-0.39, 0.29) is 0 Å². The van der Waals surface area contributed by atoms with E-state index in [9.17, 15) is 0 Å². The molecule has 2 fully saturated rings. The molecule has 0 unspecified atom stereocenters. The van der Waals surface area contributed by atoms with Crippen LogP contribution in [0.3, 0.4) is 0 Å². The molecule has 1 aliphatic carbocycles. The van der Waals surface area contributed by atoms with Gasteiger partial charge in [0.1, 0.15) is 0 Å². The number of hydrogen-bond donors (Lipinski definition) is 0. The van der Waals surface area contributed by atoms with E-state index in [0.29, 0.717) is 6.04 Å². The van der Waals surface area contributed by atoms with Crippen molar-refractivity contribution >= 4 is 5.69 Å². The van der Waals surface area contributed by atoms with Crippen LogP contribution in [-0.2, 0) is 4.74 Å². The van der Waals surface area contributed by atoms with Gasteiger partial charge in [-0.2, -0.15) is 0 Å². The first-order valence-electron chi connectivity index (χ1n) is 10.9. The molecule has 0 amide bonds. The minimum Gasteiger partial charge on any atom is -0.379 e. The lowest BCUT2D eigenvalue weighted by atomic mass is 9.89. The van der Waals surface area contributed by atoms with Gasteiger partial charge in [0, 0.05) is 43.0 Å². The molecule has 154 valence electrons. The Hall–Kier alpha value is -1.54. The van der Waals surface area contributed by atoms with E-state index >= 15 is 0 Å². The molecular formula is C24H37N3O. The summed E-state index contributed by atoms with van der Waals surface area (Å²) in [5, 5.41) is 0. The van der Waals surface area contributed by atoms with Gasteiger partial charge in [0.05, 0.1) is 19.8 Å². The fourth-order valence-corrected chi connectivity index (χ4v) is 4.52. The van der Waals surface area contributed by atoms with Crippen LogP contribution in [-0.4, -0.2) is 75.4 Å². The van der Waals surface area contributed by atoms with Crippen LogP contribution in [0, 0.1) is 18.8 Å². The minimum atomic E-state index is 0.649. The third-order valence-corrected chi connectivity index (χ3v) is 6.34. The lowest BCUT2D eigenvalue weighted by Crippen LogP contribution is -2.42. The first-order chi connectivity index (χ1) is 13.6. The van der Waals surface area contributed by atoms with Gasteiger partial charge in [-0.1, -0.05) is 17.9 Å². The van der Waals surface area contributed by atoms with Crippen LogP contribution < -0.4 is 4.90 Å². The second kappa shape index (κ2) is 10.3. The van der Waals surface area contributed by atoms with Crippen LogP contribution in [0.2, 0.25) is 0 Å². The highest BCUT2D eigenvalue weighted by atomic mass is 16.5. The Balaban J connectivity index is 1.67. The monoisotopic (exact) mass is 383 g/mol. The van der Waals surface area contributed by atoms with Crippen LogP contribution in [0.1, 0.15) is 43.7 Å². The molecule has 1 aliphatic heterocycles. The molecule has 2 aliphatic rings. The van der Waals surface area contributed by atoms with E-state index in [1.54, 1.807) is 0 Å². The smallest absolute Gasteiger partial charge is 0.0606 e. The normalized spacial score (nSPS) is 23.3. The van der Waals surface area contributed by atoms with Crippen molar-refractivity contribution < 1.29 is 4.74 Å². The number of benzene rings is 1. The Morgan fingerprint density at radius 1 is 1.07 bits per heavy atom. The predicted octanol–water partition coefficient (Wildman–Crippen LogP) is 3.38. The van der Waals surface area contributed by atoms with Crippen molar-refractivity contribution in [2.75, 3.05) is 58.4 Å². The number of ether oxygens (including phenoxy) is 1. The maximum Gasteiger partial charge on any atom is 0.0606 e. The molecule has 4 heteroatoms. The van der Waals surface area contributed by atoms with E-state index in [1.807, 2.05) is 0 Å². The zero-order valence-corrected chi connectivity index (χ0v) is 18.2. The third-order valence-electron chi connectivity index (χ3n) is 6.34. The number of aryl methyl sites for hydroxylation is 1. The molecular weight excluding hydrogens is 346 g/mol. The number of hydrogen-bond acceptors (Lipinski definition) is 4. The van der Waals surface area contributed by atoms with Gasteiger partial charge in [-0.05, 0) is 71.3 Å². The SMILES string of the molecule is CCN(c1cc(C#CCN2CCOCC2)ccc1C)C1CCC(N(C)C)CC1. The van der Waals surface area contributed by atoms with Crippen molar-refractivity contribution in [1.82, 2.24) is 9.80 Å². The average molecular weight is 384 g/mol. The fourth-order valence-electron chi connectivity index (χ4n) is 4.52. The van der Waals surface area contributed by atoms with Crippen molar-refractivity contribution in [2.24, 2.45) is 0 Å². The van der Waals surface area contributed by atoms with E-state index in [2.05, 4.69) is 72.7 Å². The molecule has 1 heterocycles. The average Bonchev–Trinajstić information content (AvgIpc) is 2.72. The van der Waals surface area contributed by atoms with Crippen molar-refractivity contribution in [1.29, 1.82) is 0 Å². The zero-order valence-electron chi connectivity index (χ0n) is 18.2. The maximum atomic E-state index is 5.41. The van der Waals surface area contributed by atoms with Crippen LogP contribution >= 0.6 is 0 Å². The van der Waals surface area contributed by atoms with Gasteiger partial charge >= 0.3 is 0 Å². The van der Waals surface area contributed by atoms with Gasteiger partial charge in [0.25, 0.3) is 0 Å². The summed E-state index contributed by atoms with van der Waals surface area (Å²) in [6.07, 6.45) is 5.16. The first-order valence-corrected chi connectivity index (χ1v) is 10.9. The number of anilines is 1. The van der Waals surface area contributed by atoms with Crippen LogP contribution in [0.5, 0.6) is 0 Å². The fraction of sp³-hybridized carbons (Fsp3) is 0.667. The van der Waals surface area contributed by atoms with Crippen LogP contribution in [0.25, 0.3) is 0 Å². The Kier molecular flexibility index (Phi) is 7.79. The van der Waals surface area contributed by atoms with E-state index in [1.165, 1.54) is 36.9 Å². The summed E-state index contributed by atoms with van der Waals surface area (Å²) in [7, 11) is 4.43. The topological polar surface area (TPSA) is 19.0 Å². The molecule has 0 aromatic heterocycles. The highest BCUT2D eigenvalue weighted by Gasteiger charge is 2.27. The third kappa shape index (κ3) is 5.50. The summed E-state index contributed by atoms with van der Waals surface area (Å²) >= 11 is 0. The molecule has 3 rings (SSSR count). The molecule has 1 saturated carbocycles. The first kappa shape index (κ1) is 21.2. The largest absolute Gasteiger partial charge is 0.379 e. The van der Waals surface area contributed by atoms with E-state index < -0.39 is 0 Å². The van der Waals surface area contributed by atoms with Gasteiger partial charge in [-0.25, -0.2) is 0 Å². The molecule has 0 bridgehead atoms. The quantitative estimate of drug-likeness (QED) is 0.726. The number of rotatable bonds is 5. The van der Waals surface area contributed by atoms with Gasteiger partial charge in [-0.3, -0.25) is 4.90 Å².